The SMILES string of the molecule is CC[Si](CC)(CC)CCc1cc(C(F)(F)F)ccc1C(=O)C(C)(C)C. The zero-order valence-electron chi connectivity index (χ0n) is 16.3. The van der Waals surface area contributed by atoms with Crippen LogP contribution in [0.15, 0.2) is 18.2 Å². The molecule has 25 heavy (non-hydrogen) atoms. The van der Waals surface area contributed by atoms with Gasteiger partial charge in [-0.25, -0.2) is 0 Å². The minimum Gasteiger partial charge on any atom is -0.294 e. The van der Waals surface area contributed by atoms with E-state index in [1.54, 1.807) is 20.8 Å². The first-order valence-electron chi connectivity index (χ1n) is 9.15. The van der Waals surface area contributed by atoms with Crippen LogP contribution in [-0.2, 0) is 12.6 Å². The molecule has 0 heterocycles. The number of ketones is 1. The Kier molecular flexibility index (Phi) is 7.08. The van der Waals surface area contributed by atoms with E-state index in [1.807, 2.05) is 0 Å². The number of carbonyl (C=O) groups excluding carboxylic acids is 1. The average Bonchev–Trinajstić information content (AvgIpc) is 2.54. The van der Waals surface area contributed by atoms with Crippen LogP contribution in [0.3, 0.4) is 0 Å². The standard InChI is InChI=1S/C20H31F3OSi/c1-7-25(8-2,9-3)13-12-15-14-16(20(21,22)23)10-11-17(15)18(24)19(4,5)6/h10-11,14H,7-9,12-13H2,1-6H3. The molecule has 142 valence electrons. The van der Waals surface area contributed by atoms with Gasteiger partial charge in [0.2, 0.25) is 0 Å². The van der Waals surface area contributed by atoms with E-state index in [1.165, 1.54) is 12.1 Å². The summed E-state index contributed by atoms with van der Waals surface area (Å²) in [5.41, 5.74) is -0.262. The van der Waals surface area contributed by atoms with Gasteiger partial charge in [0, 0.05) is 11.0 Å². The number of aryl methyl sites for hydroxylation is 1. The van der Waals surface area contributed by atoms with Crippen LogP contribution in [0.2, 0.25) is 24.2 Å². The van der Waals surface area contributed by atoms with E-state index >= 15 is 0 Å². The Hall–Kier alpha value is -1.10. The predicted octanol–water partition coefficient (Wildman–Crippen LogP) is 6.99. The predicted molar refractivity (Wildman–Crippen MR) is 101 cm³/mol. The number of carbonyl (C=O) groups is 1. The fourth-order valence-corrected chi connectivity index (χ4v) is 6.64. The van der Waals surface area contributed by atoms with E-state index < -0.39 is 25.2 Å². The lowest BCUT2D eigenvalue weighted by atomic mass is 9.84. The fraction of sp³-hybridized carbons (Fsp3) is 0.650. The van der Waals surface area contributed by atoms with Gasteiger partial charge < -0.3 is 0 Å². The molecule has 0 aliphatic rings. The van der Waals surface area contributed by atoms with E-state index in [0.717, 1.165) is 30.2 Å². The molecule has 0 aliphatic carbocycles. The highest BCUT2D eigenvalue weighted by Crippen LogP contribution is 2.34. The highest BCUT2D eigenvalue weighted by Gasteiger charge is 2.33. The van der Waals surface area contributed by atoms with Crippen molar-refractivity contribution in [2.24, 2.45) is 5.41 Å². The van der Waals surface area contributed by atoms with E-state index in [-0.39, 0.29) is 5.78 Å². The van der Waals surface area contributed by atoms with Crippen LogP contribution in [0.4, 0.5) is 13.2 Å². The Morgan fingerprint density at radius 3 is 1.92 bits per heavy atom. The summed E-state index contributed by atoms with van der Waals surface area (Å²) in [5.74, 6) is -0.0898. The molecule has 0 unspecified atom stereocenters. The molecule has 0 N–H and O–H groups in total. The summed E-state index contributed by atoms with van der Waals surface area (Å²) < 4.78 is 39.4. The molecule has 0 fully saturated rings. The quantitative estimate of drug-likeness (QED) is 0.372. The molecule has 1 nitrogen and oxygen atoms in total. The molecule has 0 atom stereocenters. The second-order valence-electron chi connectivity index (χ2n) is 8.01. The molecule has 0 amide bonds. The molecule has 5 heteroatoms. The van der Waals surface area contributed by atoms with Gasteiger partial charge in [0.15, 0.2) is 5.78 Å². The fourth-order valence-electron chi connectivity index (χ4n) is 3.28. The topological polar surface area (TPSA) is 17.1 Å². The van der Waals surface area contributed by atoms with E-state index in [2.05, 4.69) is 20.8 Å². The molecule has 0 radical (unpaired) electrons. The molecule has 0 bridgehead atoms. The van der Waals surface area contributed by atoms with Gasteiger partial charge >= 0.3 is 6.18 Å². The Labute approximate surface area is 151 Å². The molecule has 0 saturated carbocycles. The van der Waals surface area contributed by atoms with Gasteiger partial charge in [-0.15, -0.1) is 0 Å². The van der Waals surface area contributed by atoms with Crippen LogP contribution in [0.25, 0.3) is 0 Å². The van der Waals surface area contributed by atoms with Gasteiger partial charge in [0.05, 0.1) is 13.6 Å². The Morgan fingerprint density at radius 1 is 1.00 bits per heavy atom. The van der Waals surface area contributed by atoms with Crippen LogP contribution in [0.1, 0.15) is 63.0 Å². The maximum atomic E-state index is 13.1. The summed E-state index contributed by atoms with van der Waals surface area (Å²) >= 11 is 0. The second-order valence-corrected chi connectivity index (χ2v) is 13.6. The van der Waals surface area contributed by atoms with Gasteiger partial charge in [0.25, 0.3) is 0 Å². The molecule has 1 rings (SSSR count). The minimum atomic E-state index is -4.38. The van der Waals surface area contributed by atoms with Gasteiger partial charge in [-0.05, 0) is 24.1 Å². The van der Waals surface area contributed by atoms with Crippen molar-refractivity contribution in [1.82, 2.24) is 0 Å². The Morgan fingerprint density at radius 2 is 1.52 bits per heavy atom. The highest BCUT2D eigenvalue weighted by molar-refractivity contribution is 6.79. The summed E-state index contributed by atoms with van der Waals surface area (Å²) in [5, 5.41) is 0. The van der Waals surface area contributed by atoms with Crippen LogP contribution >= 0.6 is 0 Å². The molecular weight excluding hydrogens is 341 g/mol. The molecule has 1 aromatic rings. The number of hydrogen-bond acceptors (Lipinski definition) is 1. The third-order valence-electron chi connectivity index (χ3n) is 5.53. The van der Waals surface area contributed by atoms with E-state index in [9.17, 15) is 18.0 Å². The number of hydrogen-bond donors (Lipinski definition) is 0. The molecule has 1 aromatic carbocycles. The van der Waals surface area contributed by atoms with Gasteiger partial charge in [0.1, 0.15) is 0 Å². The van der Waals surface area contributed by atoms with Crippen molar-refractivity contribution < 1.29 is 18.0 Å². The van der Waals surface area contributed by atoms with Gasteiger partial charge in [-0.2, -0.15) is 13.2 Å². The lowest BCUT2D eigenvalue weighted by Gasteiger charge is -2.29. The first-order chi connectivity index (χ1) is 11.4. The normalized spacial score (nSPS) is 13.2. The molecule has 0 aromatic heterocycles. The molecule has 0 aliphatic heterocycles. The number of alkyl halides is 3. The molecule has 0 saturated heterocycles. The van der Waals surface area contributed by atoms with Crippen molar-refractivity contribution in [3.8, 4) is 0 Å². The second kappa shape index (κ2) is 8.06. The highest BCUT2D eigenvalue weighted by atomic mass is 28.3. The monoisotopic (exact) mass is 372 g/mol. The van der Waals surface area contributed by atoms with Crippen molar-refractivity contribution in [3.05, 3.63) is 34.9 Å². The average molecular weight is 373 g/mol. The summed E-state index contributed by atoms with van der Waals surface area (Å²) in [4.78, 5) is 12.7. The number of Topliss-reactive ketones (excluding diaryl/α,β-unsaturated/α-hetero) is 1. The smallest absolute Gasteiger partial charge is 0.294 e. The Balaban J connectivity index is 3.30. The number of halogens is 3. The third-order valence-corrected chi connectivity index (χ3v) is 11.3. The maximum Gasteiger partial charge on any atom is 0.416 e. The van der Waals surface area contributed by atoms with Crippen molar-refractivity contribution in [1.29, 1.82) is 0 Å². The summed E-state index contributed by atoms with van der Waals surface area (Å²) in [6.45, 7) is 12.0. The van der Waals surface area contributed by atoms with Gasteiger partial charge in [-0.1, -0.05) is 71.8 Å². The maximum absolute atomic E-state index is 13.1. The first kappa shape index (κ1) is 21.9. The van der Waals surface area contributed by atoms with E-state index in [4.69, 9.17) is 0 Å². The number of rotatable bonds is 7. The minimum absolute atomic E-state index is 0.0898. The molecular formula is C20H31F3OSi. The van der Waals surface area contributed by atoms with Crippen molar-refractivity contribution in [3.63, 3.8) is 0 Å². The van der Waals surface area contributed by atoms with Crippen LogP contribution in [-0.4, -0.2) is 13.9 Å². The number of benzene rings is 1. The zero-order chi connectivity index (χ0) is 19.5. The summed E-state index contributed by atoms with van der Waals surface area (Å²) in [7, 11) is -1.46. The largest absolute Gasteiger partial charge is 0.416 e. The third kappa shape index (κ3) is 5.43. The lowest BCUT2D eigenvalue weighted by molar-refractivity contribution is -0.137. The van der Waals surface area contributed by atoms with Gasteiger partial charge in [-0.3, -0.25) is 4.79 Å². The molecule has 0 spiro atoms. The van der Waals surface area contributed by atoms with Crippen LogP contribution < -0.4 is 0 Å². The lowest BCUT2D eigenvalue weighted by Crippen LogP contribution is -2.32. The van der Waals surface area contributed by atoms with Crippen molar-refractivity contribution in [2.75, 3.05) is 0 Å². The summed E-state index contributed by atoms with van der Waals surface area (Å²) in [6, 6.07) is 7.91. The summed E-state index contributed by atoms with van der Waals surface area (Å²) in [6.07, 6.45) is -3.82. The zero-order valence-corrected chi connectivity index (χ0v) is 17.3. The van der Waals surface area contributed by atoms with Crippen molar-refractivity contribution in [2.45, 2.75) is 78.3 Å². The Bertz CT molecular complexity index is 588. The van der Waals surface area contributed by atoms with E-state index in [0.29, 0.717) is 17.5 Å². The van der Waals surface area contributed by atoms with Crippen LogP contribution in [0, 0.1) is 5.41 Å². The van der Waals surface area contributed by atoms with Crippen molar-refractivity contribution >= 4 is 13.9 Å². The van der Waals surface area contributed by atoms with Crippen LogP contribution in [0.5, 0.6) is 0 Å². The first-order valence-corrected chi connectivity index (χ1v) is 12.0.